The first-order chi connectivity index (χ1) is 30.8. The van der Waals surface area contributed by atoms with E-state index in [9.17, 15) is 48.0 Å². The highest BCUT2D eigenvalue weighted by Crippen LogP contribution is 2.51. The molecule has 0 aliphatic heterocycles. The third-order valence-electron chi connectivity index (χ3n) is 11.0. The summed E-state index contributed by atoms with van der Waals surface area (Å²) in [5, 5.41) is 9.43. The SMILES string of the molecule is C=C=C[C@H]1CC(F)(F)c2c1c(C(F)F)nn2CC(=O)N[C@@H](Cc1cc(F)cc(F)c1)c1nc(C#CC(C)(C)S(C)(=O)=O)ccc1-c1ccc(Cl)c2c(NS(=O)(=O)C3CC3)nn(CC(F)F)c12. The van der Waals surface area contributed by atoms with Crippen LogP contribution in [0.1, 0.15) is 85.4 Å². The minimum Gasteiger partial charge on any atom is -0.346 e. The second-order valence-corrected chi connectivity index (χ2v) is 21.3. The Balaban J connectivity index is 1.44. The highest BCUT2D eigenvalue weighted by Gasteiger charge is 2.51. The molecule has 12 nitrogen and oxygen atoms in total. The Hall–Kier alpha value is -5.75. The van der Waals surface area contributed by atoms with E-state index < -0.39 is 121 Å². The van der Waals surface area contributed by atoms with Crippen molar-refractivity contribution in [2.75, 3.05) is 11.0 Å². The molecule has 0 bridgehead atoms. The summed E-state index contributed by atoms with van der Waals surface area (Å²) in [7, 11) is -7.86. The number of pyridine rings is 1. The van der Waals surface area contributed by atoms with E-state index in [1.54, 1.807) is 0 Å². The van der Waals surface area contributed by atoms with Crippen molar-refractivity contribution >= 4 is 54.1 Å². The molecule has 3 heterocycles. The third kappa shape index (κ3) is 9.85. The van der Waals surface area contributed by atoms with Crippen molar-refractivity contribution in [2.45, 2.75) is 93.4 Å². The van der Waals surface area contributed by atoms with E-state index >= 15 is 8.78 Å². The van der Waals surface area contributed by atoms with Crippen molar-refractivity contribution in [3.05, 3.63) is 111 Å². The van der Waals surface area contributed by atoms with Crippen molar-refractivity contribution in [3.63, 3.8) is 0 Å². The lowest BCUT2D eigenvalue weighted by Crippen LogP contribution is -2.35. The summed E-state index contributed by atoms with van der Waals surface area (Å²) in [6.45, 7) is 3.80. The number of benzene rings is 2. The van der Waals surface area contributed by atoms with Crippen LogP contribution >= 0.6 is 11.6 Å². The molecule has 1 saturated carbocycles. The van der Waals surface area contributed by atoms with E-state index in [0.29, 0.717) is 23.6 Å². The number of rotatable bonds is 15. The van der Waals surface area contributed by atoms with Gasteiger partial charge in [0.2, 0.25) is 15.9 Å². The van der Waals surface area contributed by atoms with E-state index in [1.165, 1.54) is 38.1 Å². The van der Waals surface area contributed by atoms with Crippen LogP contribution < -0.4 is 10.0 Å². The van der Waals surface area contributed by atoms with Crippen LogP contribution in [0, 0.1) is 23.5 Å². The van der Waals surface area contributed by atoms with Crippen LogP contribution in [-0.4, -0.2) is 70.0 Å². The summed E-state index contributed by atoms with van der Waals surface area (Å²) in [5.74, 6) is -3.35. The molecule has 0 spiro atoms. The lowest BCUT2D eigenvalue weighted by Gasteiger charge is -2.23. The number of hydrogen-bond acceptors (Lipinski definition) is 8. The number of fused-ring (bicyclic) bond motifs is 2. The number of hydrogen-bond donors (Lipinski definition) is 2. The number of sulfone groups is 1. The van der Waals surface area contributed by atoms with Crippen molar-refractivity contribution < 1.29 is 56.8 Å². The van der Waals surface area contributed by atoms with E-state index in [0.717, 1.165) is 29.1 Å². The van der Waals surface area contributed by atoms with Gasteiger partial charge in [0.15, 0.2) is 15.7 Å². The lowest BCUT2D eigenvalue weighted by atomic mass is 9.93. The summed E-state index contributed by atoms with van der Waals surface area (Å²) >= 11 is 6.63. The number of alkyl halides is 6. The van der Waals surface area contributed by atoms with Crippen LogP contribution in [-0.2, 0) is 50.1 Å². The molecule has 7 rings (SSSR count). The van der Waals surface area contributed by atoms with E-state index in [2.05, 4.69) is 49.4 Å². The van der Waals surface area contributed by atoms with Crippen LogP contribution in [0.5, 0.6) is 0 Å². The smallest absolute Gasteiger partial charge is 0.290 e. The lowest BCUT2D eigenvalue weighted by molar-refractivity contribution is -0.122. The van der Waals surface area contributed by atoms with Gasteiger partial charge in [-0.15, -0.1) is 5.73 Å². The van der Waals surface area contributed by atoms with Crippen LogP contribution in [0.2, 0.25) is 5.02 Å². The fourth-order valence-electron chi connectivity index (χ4n) is 7.61. The molecule has 0 radical (unpaired) electrons. The molecule has 2 aromatic carbocycles. The standard InChI is InChI=1S/C43H38ClF8N7O5S2/c1-5-6-23-19-43(51,52)39-34(23)37(40(49)50)55-59(39)21-33(60)54-31(17-22-15-24(45)18-25(46)16-22)36-28(10-7-26(53-36)13-14-42(2,3)65(4,61)62)29-11-12-30(44)35-38(29)58(20-32(47)48)56-41(35)57-66(63,64)27-8-9-27/h6-7,10-12,15-16,18,23,27,31-32,40H,1,8-9,17,19-21H2,2-4H3,(H,54,60)(H,56,57)/t23-,31-/m0/s1. The predicted molar refractivity (Wildman–Crippen MR) is 228 cm³/mol. The van der Waals surface area contributed by atoms with E-state index in [1.807, 2.05) is 0 Å². The Morgan fingerprint density at radius 3 is 2.27 bits per heavy atom. The van der Waals surface area contributed by atoms with Gasteiger partial charge in [0.05, 0.1) is 32.9 Å². The molecule has 1 fully saturated rings. The minimum atomic E-state index is -4.05. The Morgan fingerprint density at radius 1 is 1.00 bits per heavy atom. The molecule has 2 N–H and O–H groups in total. The van der Waals surface area contributed by atoms with Crippen molar-refractivity contribution in [3.8, 4) is 23.0 Å². The zero-order valence-electron chi connectivity index (χ0n) is 35.0. The molecule has 23 heteroatoms. The third-order valence-corrected chi connectivity index (χ3v) is 15.1. The van der Waals surface area contributed by atoms with Crippen LogP contribution in [0.3, 0.4) is 0 Å². The molecule has 2 atom stereocenters. The largest absolute Gasteiger partial charge is 0.346 e. The van der Waals surface area contributed by atoms with Crippen LogP contribution in [0.4, 0.5) is 40.9 Å². The van der Waals surface area contributed by atoms with Gasteiger partial charge in [-0.05, 0) is 81.0 Å². The molecule has 350 valence electrons. The Kier molecular flexibility index (Phi) is 13.0. The zero-order chi connectivity index (χ0) is 48.3. The molecule has 0 unspecified atom stereocenters. The Morgan fingerprint density at radius 2 is 1.67 bits per heavy atom. The number of carbonyl (C=O) groups is 1. The van der Waals surface area contributed by atoms with Gasteiger partial charge >= 0.3 is 0 Å². The first-order valence-corrected chi connectivity index (χ1v) is 23.7. The average molecular weight is 984 g/mol. The first-order valence-electron chi connectivity index (χ1n) is 19.9. The highest BCUT2D eigenvalue weighted by molar-refractivity contribution is 7.93. The molecule has 5 aromatic rings. The molecule has 2 aliphatic rings. The van der Waals surface area contributed by atoms with Gasteiger partial charge < -0.3 is 5.32 Å². The topological polar surface area (TPSA) is 158 Å². The number of anilines is 1. The summed E-state index contributed by atoms with van der Waals surface area (Å²) < 4.78 is 171. The van der Waals surface area contributed by atoms with Crippen molar-refractivity contribution in [2.24, 2.45) is 0 Å². The summed E-state index contributed by atoms with van der Waals surface area (Å²) in [6.07, 6.45) is -5.17. The molecule has 1 amide bonds. The molecular formula is C43H38ClF8N7O5S2. The Bertz CT molecular complexity index is 3100. The molecule has 2 aliphatic carbocycles. The number of carbonyl (C=O) groups excluding carboxylic acids is 1. The monoisotopic (exact) mass is 983 g/mol. The second-order valence-electron chi connectivity index (χ2n) is 16.3. The van der Waals surface area contributed by atoms with Crippen LogP contribution in [0.15, 0.2) is 60.9 Å². The fraction of sp³-hybridized carbons (Fsp3) is 0.372. The number of allylic oxidation sites excluding steroid dienone is 1. The van der Waals surface area contributed by atoms with Gasteiger partial charge in [0.1, 0.15) is 46.6 Å². The van der Waals surface area contributed by atoms with Crippen molar-refractivity contribution in [1.82, 2.24) is 29.9 Å². The maximum atomic E-state index is 15.6. The number of amides is 1. The number of nitrogens with zero attached hydrogens (tertiary/aromatic N) is 5. The number of halogens is 9. The Labute approximate surface area is 378 Å². The minimum absolute atomic E-state index is 0.00463. The number of aromatic nitrogens is 5. The highest BCUT2D eigenvalue weighted by atomic mass is 35.5. The van der Waals surface area contributed by atoms with E-state index in [4.69, 9.17) is 11.6 Å². The number of sulfonamides is 1. The average Bonchev–Trinajstić information content (AvgIpc) is 3.85. The molecule has 3 aromatic heterocycles. The van der Waals surface area contributed by atoms with Crippen LogP contribution in [0.25, 0.3) is 22.0 Å². The summed E-state index contributed by atoms with van der Waals surface area (Å²) in [4.78, 5) is 18.8. The number of nitrogens with one attached hydrogen (secondary N) is 2. The van der Waals surface area contributed by atoms with Gasteiger partial charge in [-0.1, -0.05) is 30.2 Å². The maximum absolute atomic E-state index is 15.6. The van der Waals surface area contributed by atoms with E-state index in [-0.39, 0.29) is 49.8 Å². The van der Waals surface area contributed by atoms with Gasteiger partial charge in [-0.2, -0.15) is 19.0 Å². The molecule has 66 heavy (non-hydrogen) atoms. The molecule has 0 saturated heterocycles. The van der Waals surface area contributed by atoms with Gasteiger partial charge in [0.25, 0.3) is 18.8 Å². The fourth-order valence-corrected chi connectivity index (χ4v) is 9.43. The van der Waals surface area contributed by atoms with Gasteiger partial charge in [-0.3, -0.25) is 18.9 Å². The molecular weight excluding hydrogens is 946 g/mol. The van der Waals surface area contributed by atoms with Gasteiger partial charge in [0, 0.05) is 41.4 Å². The first kappa shape index (κ1) is 48.2. The quantitative estimate of drug-likeness (QED) is 0.0601. The van der Waals surface area contributed by atoms with Gasteiger partial charge in [-0.25, -0.2) is 48.2 Å². The normalized spacial score (nSPS) is 16.5. The predicted octanol–water partition coefficient (Wildman–Crippen LogP) is 8.53. The zero-order valence-corrected chi connectivity index (χ0v) is 37.3. The second kappa shape index (κ2) is 17.8. The maximum Gasteiger partial charge on any atom is 0.290 e. The van der Waals surface area contributed by atoms with Crippen molar-refractivity contribution in [1.29, 1.82) is 0 Å². The summed E-state index contributed by atoms with van der Waals surface area (Å²) in [5.41, 5.74) is -0.815. The summed E-state index contributed by atoms with van der Waals surface area (Å²) in [6, 6.07) is 6.14.